The molecule has 0 aromatic rings. The Labute approximate surface area is 48.4 Å². The Balaban J connectivity index is 3.42. The van der Waals surface area contributed by atoms with Crippen LogP contribution in [0.5, 0.6) is 0 Å². The van der Waals surface area contributed by atoms with Gasteiger partial charge in [-0.1, -0.05) is 6.92 Å². The maximum Gasteiger partial charge on any atom is 0.287 e. The van der Waals surface area contributed by atoms with E-state index in [1.54, 1.807) is 6.92 Å². The predicted octanol–water partition coefficient (Wildman–Crippen LogP) is -1.70. The molecule has 0 saturated carbocycles. The van der Waals surface area contributed by atoms with Crippen molar-refractivity contribution in [2.24, 2.45) is 5.14 Å². The summed E-state index contributed by atoms with van der Waals surface area (Å²) in [5.74, 6) is 0. The Hall–Kier alpha value is -0.170. The van der Waals surface area contributed by atoms with Crippen LogP contribution in [0.1, 0.15) is 6.92 Å². The molecule has 0 aromatic carbocycles. The summed E-state index contributed by atoms with van der Waals surface area (Å²) in [6.07, 6.45) is 0. The highest BCUT2D eigenvalue weighted by Gasteiger charge is 1.94. The highest BCUT2D eigenvalue weighted by atomic mass is 32.2. The molecular formula is C2H9N3O2S. The van der Waals surface area contributed by atoms with Crippen LogP contribution in [0.15, 0.2) is 0 Å². The normalized spacial score (nSPS) is 11.8. The molecule has 0 aliphatic carbocycles. The van der Waals surface area contributed by atoms with Crippen molar-refractivity contribution in [1.82, 2.24) is 10.3 Å². The minimum atomic E-state index is -3.55. The van der Waals surface area contributed by atoms with Crippen LogP contribution in [-0.4, -0.2) is 15.0 Å². The van der Waals surface area contributed by atoms with Crippen LogP contribution in [0.3, 0.4) is 0 Å². The molecule has 0 atom stereocenters. The van der Waals surface area contributed by atoms with E-state index < -0.39 is 10.2 Å². The smallest absolute Gasteiger partial charge is 0.243 e. The van der Waals surface area contributed by atoms with Gasteiger partial charge in [0, 0.05) is 6.54 Å². The summed E-state index contributed by atoms with van der Waals surface area (Å²) in [7, 11) is -3.55. The molecule has 0 amide bonds. The lowest BCUT2D eigenvalue weighted by Gasteiger charge is -1.97. The monoisotopic (exact) mass is 139 g/mol. The standard InChI is InChI=1S/C2H9N3O2S/c1-2-4-5-8(3,6)7/h4-5H,2H2,1H3,(H2,3,6,7). The first kappa shape index (κ1) is 7.83. The fourth-order valence-corrected chi connectivity index (χ4v) is 0.518. The molecule has 8 heavy (non-hydrogen) atoms. The van der Waals surface area contributed by atoms with E-state index in [-0.39, 0.29) is 0 Å². The quantitative estimate of drug-likeness (QED) is 0.408. The zero-order chi connectivity index (χ0) is 6.62. The Bertz CT molecular complexity index is 139. The summed E-state index contributed by atoms with van der Waals surface area (Å²) in [6, 6.07) is 0. The molecule has 0 aromatic heterocycles. The third kappa shape index (κ3) is 5.83. The van der Waals surface area contributed by atoms with Crippen molar-refractivity contribution in [3.8, 4) is 0 Å². The van der Waals surface area contributed by atoms with Crippen molar-refractivity contribution >= 4 is 10.2 Å². The number of rotatable bonds is 3. The molecule has 0 fully saturated rings. The van der Waals surface area contributed by atoms with Gasteiger partial charge in [-0.2, -0.15) is 8.42 Å². The van der Waals surface area contributed by atoms with E-state index in [0.29, 0.717) is 6.54 Å². The molecule has 6 heteroatoms. The first-order valence-corrected chi connectivity index (χ1v) is 3.63. The number of hydrogen-bond donors (Lipinski definition) is 3. The SMILES string of the molecule is CCNNS(N)(=O)=O. The van der Waals surface area contributed by atoms with E-state index in [1.807, 2.05) is 4.83 Å². The fourth-order valence-electron chi connectivity index (χ4n) is 0.173. The van der Waals surface area contributed by atoms with Gasteiger partial charge in [-0.3, -0.25) is 0 Å². The Morgan fingerprint density at radius 3 is 2.25 bits per heavy atom. The Morgan fingerprint density at radius 2 is 2.12 bits per heavy atom. The highest BCUT2D eigenvalue weighted by Crippen LogP contribution is 1.57. The Kier molecular flexibility index (Phi) is 2.91. The lowest BCUT2D eigenvalue weighted by molar-refractivity contribution is 0.562. The van der Waals surface area contributed by atoms with Gasteiger partial charge in [0.15, 0.2) is 0 Å². The molecule has 5 nitrogen and oxygen atoms in total. The number of nitrogens with one attached hydrogen (secondary N) is 2. The van der Waals surface area contributed by atoms with Gasteiger partial charge in [-0.25, -0.2) is 10.6 Å². The third-order valence-corrected chi connectivity index (χ3v) is 0.820. The van der Waals surface area contributed by atoms with Crippen LogP contribution in [0.2, 0.25) is 0 Å². The summed E-state index contributed by atoms with van der Waals surface area (Å²) in [5, 5.41) is 4.52. The molecule has 0 rings (SSSR count). The summed E-state index contributed by atoms with van der Waals surface area (Å²) >= 11 is 0. The number of hydrazine groups is 1. The van der Waals surface area contributed by atoms with Crippen molar-refractivity contribution in [1.29, 1.82) is 0 Å². The molecule has 0 spiro atoms. The molecule has 0 radical (unpaired) electrons. The number of hydrogen-bond acceptors (Lipinski definition) is 3. The molecular weight excluding hydrogens is 130 g/mol. The maximum atomic E-state index is 9.99. The minimum absolute atomic E-state index is 0.510. The highest BCUT2D eigenvalue weighted by molar-refractivity contribution is 7.87. The van der Waals surface area contributed by atoms with E-state index in [1.165, 1.54) is 0 Å². The van der Waals surface area contributed by atoms with Crippen LogP contribution < -0.4 is 15.4 Å². The molecule has 0 heterocycles. The average Bonchev–Trinajstić information content (AvgIpc) is 1.59. The van der Waals surface area contributed by atoms with Crippen LogP contribution in [0.25, 0.3) is 0 Å². The minimum Gasteiger partial charge on any atom is -0.243 e. The van der Waals surface area contributed by atoms with E-state index in [0.717, 1.165) is 0 Å². The lowest BCUT2D eigenvalue weighted by Crippen LogP contribution is -2.41. The topological polar surface area (TPSA) is 84.2 Å². The lowest BCUT2D eigenvalue weighted by atomic mass is 10.8. The zero-order valence-corrected chi connectivity index (χ0v) is 5.33. The van der Waals surface area contributed by atoms with Gasteiger partial charge in [0.25, 0.3) is 10.2 Å². The van der Waals surface area contributed by atoms with Crippen molar-refractivity contribution in [3.05, 3.63) is 0 Å². The van der Waals surface area contributed by atoms with Gasteiger partial charge in [-0.05, 0) is 0 Å². The van der Waals surface area contributed by atoms with E-state index in [2.05, 4.69) is 10.6 Å². The van der Waals surface area contributed by atoms with Gasteiger partial charge in [0.05, 0.1) is 0 Å². The van der Waals surface area contributed by atoms with Crippen molar-refractivity contribution in [2.75, 3.05) is 6.54 Å². The Morgan fingerprint density at radius 1 is 1.62 bits per heavy atom. The summed E-state index contributed by atoms with van der Waals surface area (Å²) in [6.45, 7) is 2.26. The van der Waals surface area contributed by atoms with E-state index >= 15 is 0 Å². The first-order chi connectivity index (χ1) is 3.56. The van der Waals surface area contributed by atoms with Crippen LogP contribution in [0.4, 0.5) is 0 Å². The van der Waals surface area contributed by atoms with Crippen molar-refractivity contribution in [2.45, 2.75) is 6.92 Å². The van der Waals surface area contributed by atoms with Crippen LogP contribution in [0, 0.1) is 0 Å². The summed E-state index contributed by atoms with van der Waals surface area (Å²) in [5.41, 5.74) is 2.33. The summed E-state index contributed by atoms with van der Waals surface area (Å²) < 4.78 is 20.0. The molecule has 50 valence electrons. The number of nitrogens with two attached hydrogens (primary N) is 1. The van der Waals surface area contributed by atoms with Crippen molar-refractivity contribution in [3.63, 3.8) is 0 Å². The molecule has 0 aliphatic rings. The zero-order valence-electron chi connectivity index (χ0n) is 4.51. The second-order valence-corrected chi connectivity index (χ2v) is 2.47. The van der Waals surface area contributed by atoms with Gasteiger partial charge in [0.2, 0.25) is 0 Å². The average molecular weight is 139 g/mol. The molecule has 0 unspecified atom stereocenters. The van der Waals surface area contributed by atoms with Gasteiger partial charge >= 0.3 is 0 Å². The molecule has 4 N–H and O–H groups in total. The van der Waals surface area contributed by atoms with Gasteiger partial charge in [-0.15, -0.1) is 4.83 Å². The first-order valence-electron chi connectivity index (χ1n) is 2.08. The largest absolute Gasteiger partial charge is 0.287 e. The molecule has 0 aliphatic heterocycles. The second kappa shape index (κ2) is 2.98. The summed E-state index contributed by atoms with van der Waals surface area (Å²) in [4.78, 5) is 1.87. The maximum absolute atomic E-state index is 9.99. The van der Waals surface area contributed by atoms with E-state index in [9.17, 15) is 8.42 Å². The van der Waals surface area contributed by atoms with Gasteiger partial charge < -0.3 is 0 Å². The van der Waals surface area contributed by atoms with Crippen molar-refractivity contribution < 1.29 is 8.42 Å². The van der Waals surface area contributed by atoms with Gasteiger partial charge in [0.1, 0.15) is 0 Å². The van der Waals surface area contributed by atoms with E-state index in [4.69, 9.17) is 0 Å². The molecule has 0 bridgehead atoms. The second-order valence-electron chi connectivity index (χ2n) is 1.18. The van der Waals surface area contributed by atoms with Crippen LogP contribution in [-0.2, 0) is 10.2 Å². The fraction of sp³-hybridized carbons (Fsp3) is 1.00. The van der Waals surface area contributed by atoms with Crippen LogP contribution >= 0.6 is 0 Å². The molecule has 0 saturated heterocycles. The third-order valence-electron chi connectivity index (χ3n) is 0.391. The predicted molar refractivity (Wildman–Crippen MR) is 29.9 cm³/mol.